The zero-order chi connectivity index (χ0) is 16.8. The van der Waals surface area contributed by atoms with E-state index in [-0.39, 0.29) is 24.4 Å². The fourth-order valence-electron chi connectivity index (χ4n) is 2.14. The molecule has 0 unspecified atom stereocenters. The van der Waals surface area contributed by atoms with Gasteiger partial charge in [0.2, 0.25) is 5.91 Å². The molecule has 0 bridgehead atoms. The molecule has 5 nitrogen and oxygen atoms in total. The van der Waals surface area contributed by atoms with E-state index in [1.165, 1.54) is 11.2 Å². The Labute approximate surface area is 139 Å². The maximum absolute atomic E-state index is 12.0. The van der Waals surface area contributed by atoms with E-state index >= 15 is 0 Å². The lowest BCUT2D eigenvalue weighted by Crippen LogP contribution is -2.38. The van der Waals surface area contributed by atoms with Crippen molar-refractivity contribution in [3.05, 3.63) is 53.5 Å². The van der Waals surface area contributed by atoms with Crippen molar-refractivity contribution in [3.63, 3.8) is 0 Å². The average molecular weight is 332 g/mol. The molecule has 0 aliphatic rings. The number of aryl methyl sites for hydroxylation is 1. The monoisotopic (exact) mass is 332 g/mol. The van der Waals surface area contributed by atoms with Crippen molar-refractivity contribution in [2.24, 2.45) is 0 Å². The van der Waals surface area contributed by atoms with Crippen molar-refractivity contribution in [2.45, 2.75) is 24.8 Å². The van der Waals surface area contributed by atoms with Crippen molar-refractivity contribution in [1.29, 1.82) is 0 Å². The Kier molecular flexibility index (Phi) is 5.87. The maximum Gasteiger partial charge on any atom is 0.255 e. The number of benzene rings is 1. The van der Waals surface area contributed by atoms with Crippen LogP contribution in [0, 0.1) is 6.92 Å². The van der Waals surface area contributed by atoms with Crippen LogP contribution in [0.25, 0.3) is 0 Å². The van der Waals surface area contributed by atoms with Crippen LogP contribution in [0.3, 0.4) is 0 Å². The SMILES string of the molecule is CSc1ccc([C@@H](C)NC(=O)CNC(=O)c2ccoc2C)cc1. The lowest BCUT2D eigenvalue weighted by atomic mass is 10.1. The molecule has 0 aliphatic carbocycles. The summed E-state index contributed by atoms with van der Waals surface area (Å²) in [4.78, 5) is 25.0. The third kappa shape index (κ3) is 4.63. The van der Waals surface area contributed by atoms with Gasteiger partial charge in [0.15, 0.2) is 0 Å². The minimum Gasteiger partial charge on any atom is -0.469 e. The van der Waals surface area contributed by atoms with Crippen molar-refractivity contribution in [2.75, 3.05) is 12.8 Å². The second-order valence-corrected chi connectivity index (χ2v) is 6.02. The standard InChI is InChI=1S/C17H20N2O3S/c1-11(13-4-6-14(23-3)7-5-13)19-16(20)10-18-17(21)15-8-9-22-12(15)2/h4-9,11H,10H2,1-3H3,(H,18,21)(H,19,20)/t11-/m1/s1. The van der Waals surface area contributed by atoms with Crippen LogP contribution in [0.15, 0.2) is 45.9 Å². The number of carbonyl (C=O) groups is 2. The maximum atomic E-state index is 12.0. The Balaban J connectivity index is 1.84. The summed E-state index contributed by atoms with van der Waals surface area (Å²) in [7, 11) is 0. The summed E-state index contributed by atoms with van der Waals surface area (Å²) in [6.07, 6.45) is 3.47. The molecule has 0 saturated carbocycles. The Hall–Kier alpha value is -2.21. The molecule has 6 heteroatoms. The Morgan fingerprint density at radius 3 is 2.48 bits per heavy atom. The minimum atomic E-state index is -0.316. The van der Waals surface area contributed by atoms with Gasteiger partial charge in [-0.2, -0.15) is 0 Å². The lowest BCUT2D eigenvalue weighted by Gasteiger charge is -2.15. The first kappa shape index (κ1) is 17.1. The zero-order valence-electron chi connectivity index (χ0n) is 13.4. The number of thioether (sulfide) groups is 1. The molecule has 1 atom stereocenters. The van der Waals surface area contributed by atoms with Crippen LogP contribution in [0.4, 0.5) is 0 Å². The van der Waals surface area contributed by atoms with Crippen molar-refractivity contribution in [1.82, 2.24) is 10.6 Å². The Bertz CT molecular complexity index is 679. The number of furan rings is 1. The van der Waals surface area contributed by atoms with Gasteiger partial charge in [0.05, 0.1) is 24.4 Å². The van der Waals surface area contributed by atoms with Gasteiger partial charge in [0, 0.05) is 4.90 Å². The first-order valence-electron chi connectivity index (χ1n) is 7.27. The molecule has 1 aromatic heterocycles. The number of nitrogens with one attached hydrogen (secondary N) is 2. The highest BCUT2D eigenvalue weighted by Crippen LogP contribution is 2.18. The van der Waals surface area contributed by atoms with E-state index in [1.54, 1.807) is 24.8 Å². The molecule has 2 rings (SSSR count). The molecule has 122 valence electrons. The van der Waals surface area contributed by atoms with Crippen LogP contribution in [-0.4, -0.2) is 24.6 Å². The van der Waals surface area contributed by atoms with E-state index < -0.39 is 0 Å². The van der Waals surface area contributed by atoms with Crippen LogP contribution < -0.4 is 10.6 Å². The van der Waals surface area contributed by atoms with Gasteiger partial charge in [-0.3, -0.25) is 9.59 Å². The van der Waals surface area contributed by atoms with Crippen LogP contribution in [0.1, 0.15) is 34.6 Å². The van der Waals surface area contributed by atoms with Crippen LogP contribution >= 0.6 is 11.8 Å². The summed E-state index contributed by atoms with van der Waals surface area (Å²) < 4.78 is 5.07. The van der Waals surface area contributed by atoms with E-state index in [0.717, 1.165) is 5.56 Å². The highest BCUT2D eigenvalue weighted by molar-refractivity contribution is 7.98. The molecular formula is C17H20N2O3S. The molecule has 2 aromatic rings. The molecule has 0 fully saturated rings. The highest BCUT2D eigenvalue weighted by Gasteiger charge is 2.14. The fraction of sp³-hybridized carbons (Fsp3) is 0.294. The van der Waals surface area contributed by atoms with E-state index in [0.29, 0.717) is 11.3 Å². The Morgan fingerprint density at radius 2 is 1.91 bits per heavy atom. The molecule has 0 spiro atoms. The van der Waals surface area contributed by atoms with Gasteiger partial charge < -0.3 is 15.1 Å². The smallest absolute Gasteiger partial charge is 0.255 e. The van der Waals surface area contributed by atoms with E-state index in [9.17, 15) is 9.59 Å². The van der Waals surface area contributed by atoms with Crippen molar-refractivity contribution >= 4 is 23.6 Å². The highest BCUT2D eigenvalue weighted by atomic mass is 32.2. The van der Waals surface area contributed by atoms with Gasteiger partial charge in [0.25, 0.3) is 5.91 Å². The Morgan fingerprint density at radius 1 is 1.22 bits per heavy atom. The van der Waals surface area contributed by atoms with Crippen LogP contribution in [-0.2, 0) is 4.79 Å². The van der Waals surface area contributed by atoms with Gasteiger partial charge in [-0.05, 0) is 43.9 Å². The molecular weight excluding hydrogens is 312 g/mol. The fourth-order valence-corrected chi connectivity index (χ4v) is 2.55. The molecule has 1 heterocycles. The summed E-state index contributed by atoms with van der Waals surface area (Å²) in [5, 5.41) is 5.45. The van der Waals surface area contributed by atoms with Gasteiger partial charge in [0.1, 0.15) is 5.76 Å². The number of rotatable bonds is 6. The normalized spacial score (nSPS) is 11.8. The van der Waals surface area contributed by atoms with E-state index in [4.69, 9.17) is 4.42 Å². The van der Waals surface area contributed by atoms with Crippen LogP contribution in [0.5, 0.6) is 0 Å². The third-order valence-corrected chi connectivity index (χ3v) is 4.25. The van der Waals surface area contributed by atoms with Crippen molar-refractivity contribution < 1.29 is 14.0 Å². The quantitative estimate of drug-likeness (QED) is 0.798. The average Bonchev–Trinajstić information content (AvgIpc) is 2.98. The zero-order valence-corrected chi connectivity index (χ0v) is 14.2. The largest absolute Gasteiger partial charge is 0.469 e. The summed E-state index contributed by atoms with van der Waals surface area (Å²) in [5.74, 6) is -0.0190. The number of carbonyl (C=O) groups excluding carboxylic acids is 2. The molecule has 0 aliphatic heterocycles. The summed E-state index contributed by atoms with van der Waals surface area (Å²) in [6.45, 7) is 3.54. The molecule has 2 amide bonds. The minimum absolute atomic E-state index is 0.0727. The predicted molar refractivity (Wildman–Crippen MR) is 90.6 cm³/mol. The van der Waals surface area contributed by atoms with Gasteiger partial charge in [-0.1, -0.05) is 12.1 Å². The lowest BCUT2D eigenvalue weighted by molar-refractivity contribution is -0.120. The topological polar surface area (TPSA) is 71.3 Å². The van der Waals surface area contributed by atoms with E-state index in [1.807, 2.05) is 37.4 Å². The summed E-state index contributed by atoms with van der Waals surface area (Å²) in [5.41, 5.74) is 1.46. The second kappa shape index (κ2) is 7.87. The van der Waals surface area contributed by atoms with Crippen LogP contribution in [0.2, 0.25) is 0 Å². The molecule has 0 radical (unpaired) electrons. The first-order valence-corrected chi connectivity index (χ1v) is 8.49. The molecule has 0 saturated heterocycles. The number of hydrogen-bond donors (Lipinski definition) is 2. The molecule has 1 aromatic carbocycles. The van der Waals surface area contributed by atoms with E-state index in [2.05, 4.69) is 10.6 Å². The third-order valence-electron chi connectivity index (χ3n) is 3.51. The number of amides is 2. The van der Waals surface area contributed by atoms with Gasteiger partial charge in [-0.25, -0.2) is 0 Å². The van der Waals surface area contributed by atoms with Gasteiger partial charge >= 0.3 is 0 Å². The molecule has 2 N–H and O–H groups in total. The number of hydrogen-bond acceptors (Lipinski definition) is 4. The van der Waals surface area contributed by atoms with Gasteiger partial charge in [-0.15, -0.1) is 11.8 Å². The predicted octanol–water partition coefficient (Wildman–Crippen LogP) is 2.92. The van der Waals surface area contributed by atoms with Crippen molar-refractivity contribution in [3.8, 4) is 0 Å². The molecule has 23 heavy (non-hydrogen) atoms. The second-order valence-electron chi connectivity index (χ2n) is 5.14. The summed E-state index contributed by atoms with van der Waals surface area (Å²) in [6, 6.07) is 9.48. The summed E-state index contributed by atoms with van der Waals surface area (Å²) >= 11 is 1.67. The first-order chi connectivity index (χ1) is 11.0.